The van der Waals surface area contributed by atoms with E-state index in [2.05, 4.69) is 0 Å². The van der Waals surface area contributed by atoms with E-state index in [0.29, 0.717) is 35.7 Å². The summed E-state index contributed by atoms with van der Waals surface area (Å²) in [4.78, 5) is 0. The highest BCUT2D eigenvalue weighted by molar-refractivity contribution is 5.57. The van der Waals surface area contributed by atoms with Gasteiger partial charge in [0.05, 0.1) is 14.2 Å². The number of ether oxygens (including phenoxy) is 2. The highest BCUT2D eigenvalue weighted by Crippen LogP contribution is 2.27. The molecule has 0 aliphatic heterocycles. The van der Waals surface area contributed by atoms with Crippen molar-refractivity contribution in [1.82, 2.24) is 0 Å². The number of hydrogen-bond acceptors (Lipinski definition) is 6. The molecule has 0 radical (unpaired) electrons. The van der Waals surface area contributed by atoms with Crippen LogP contribution in [0.2, 0.25) is 0 Å². The molecule has 2 N–H and O–H groups in total. The van der Waals surface area contributed by atoms with Gasteiger partial charge in [0.25, 0.3) is 0 Å². The Hall–Kier alpha value is -2.44. The van der Waals surface area contributed by atoms with E-state index in [4.69, 9.17) is 9.47 Å². The summed E-state index contributed by atoms with van der Waals surface area (Å²) in [6.07, 6.45) is 1.17. The van der Waals surface area contributed by atoms with Gasteiger partial charge >= 0.3 is 0 Å². The van der Waals surface area contributed by atoms with Gasteiger partial charge in [-0.05, 0) is 60.4 Å². The van der Waals surface area contributed by atoms with Crippen LogP contribution in [0.3, 0.4) is 0 Å². The summed E-state index contributed by atoms with van der Waals surface area (Å²) in [7, 11) is 3.15. The Morgan fingerprint density at radius 1 is 0.773 bits per heavy atom. The lowest BCUT2D eigenvalue weighted by Gasteiger charge is -2.18. The quantitative estimate of drug-likeness (QED) is 0.763. The maximum Gasteiger partial charge on any atom is 0.119 e. The van der Waals surface area contributed by atoms with Crippen molar-refractivity contribution in [1.29, 1.82) is 0 Å². The van der Waals surface area contributed by atoms with Crippen LogP contribution in [0.5, 0.6) is 11.5 Å². The molecule has 118 valence electrons. The molecule has 22 heavy (non-hydrogen) atoms. The highest BCUT2D eigenvalue weighted by Gasteiger charge is 2.06. The molecule has 2 aromatic carbocycles. The lowest BCUT2D eigenvalue weighted by Crippen LogP contribution is -2.01. The Balaban J connectivity index is 2.22. The van der Waals surface area contributed by atoms with E-state index >= 15 is 0 Å². The van der Waals surface area contributed by atoms with Gasteiger partial charge in [0.15, 0.2) is 0 Å². The molecular weight excluding hydrogens is 284 g/mol. The molecule has 0 aliphatic carbocycles. The molecule has 0 unspecified atom stereocenters. The van der Waals surface area contributed by atoms with Gasteiger partial charge in [0.1, 0.15) is 11.5 Å². The summed E-state index contributed by atoms with van der Waals surface area (Å²) < 4.78 is 10.4. The molecule has 6 nitrogen and oxygen atoms in total. The maximum absolute atomic E-state index is 11.0. The molecule has 6 heteroatoms. The minimum absolute atomic E-state index is 0.500. The number of rotatable bonds is 7. The first-order valence-corrected chi connectivity index (χ1v) is 6.82. The van der Waals surface area contributed by atoms with E-state index < -0.39 is 0 Å². The molecule has 0 amide bonds. The third-order valence-electron chi connectivity index (χ3n) is 3.51. The number of anilines is 2. The number of hydrogen-bond donors (Lipinski definition) is 2. The van der Waals surface area contributed by atoms with E-state index in [1.165, 1.54) is 0 Å². The van der Waals surface area contributed by atoms with Gasteiger partial charge in [-0.15, -0.1) is 0 Å². The minimum atomic E-state index is 0.500. The van der Waals surface area contributed by atoms with Crippen LogP contribution in [-0.4, -0.2) is 14.2 Å². The maximum atomic E-state index is 11.0. The Bertz CT molecular complexity index is 576. The first-order valence-electron chi connectivity index (χ1n) is 6.82. The zero-order valence-electron chi connectivity index (χ0n) is 12.5. The Kier molecular flexibility index (Phi) is 5.46. The molecule has 0 fully saturated rings. The lowest BCUT2D eigenvalue weighted by atomic mass is 10.0. The van der Waals surface area contributed by atoms with Crippen molar-refractivity contribution in [3.8, 4) is 11.5 Å². The van der Waals surface area contributed by atoms with E-state index in [-0.39, 0.29) is 0 Å². The largest absolute Gasteiger partial charge is 0.761 e. The van der Waals surface area contributed by atoms with Crippen LogP contribution in [0, 0.1) is 10.4 Å². The Labute approximate surface area is 129 Å². The van der Waals surface area contributed by atoms with Gasteiger partial charge in [0.2, 0.25) is 0 Å². The van der Waals surface area contributed by atoms with Gasteiger partial charge in [-0.2, -0.15) is 0 Å². The molecule has 0 aliphatic rings. The molecule has 0 atom stereocenters. The van der Waals surface area contributed by atoms with Crippen molar-refractivity contribution >= 4 is 11.4 Å². The van der Waals surface area contributed by atoms with Crippen LogP contribution in [-0.2, 0) is 12.8 Å². The lowest BCUT2D eigenvalue weighted by molar-refractivity contribution is 0.414. The number of benzene rings is 2. The summed E-state index contributed by atoms with van der Waals surface area (Å²) in [5, 5.41) is 22.0. The average molecular weight is 302 g/mol. The van der Waals surface area contributed by atoms with Gasteiger partial charge in [0, 0.05) is 11.4 Å². The fraction of sp³-hybridized carbons (Fsp3) is 0.250. The monoisotopic (exact) mass is 302 g/mol. The summed E-state index contributed by atoms with van der Waals surface area (Å²) in [6.45, 7) is 0. The molecule has 0 aromatic heterocycles. The van der Waals surface area contributed by atoms with Crippen molar-refractivity contribution in [2.75, 3.05) is 25.2 Å². The molecule has 0 heterocycles. The van der Waals surface area contributed by atoms with E-state index in [9.17, 15) is 10.4 Å². The minimum Gasteiger partial charge on any atom is -0.761 e. The summed E-state index contributed by atoms with van der Waals surface area (Å²) in [5.41, 5.74) is 6.51. The SMILES string of the molecule is COc1ccc(N[O-])c(CCc2cc(OC)ccc2N[O-])c1. The molecule has 2 rings (SSSR count). The predicted octanol–water partition coefficient (Wildman–Crippen LogP) is 3.31. The number of methoxy groups -OCH3 is 2. The van der Waals surface area contributed by atoms with Gasteiger partial charge in [-0.1, -0.05) is 0 Å². The zero-order valence-corrected chi connectivity index (χ0v) is 12.5. The van der Waals surface area contributed by atoms with Crippen LogP contribution < -0.4 is 20.4 Å². The van der Waals surface area contributed by atoms with Crippen molar-refractivity contribution < 1.29 is 9.47 Å². The van der Waals surface area contributed by atoms with Gasteiger partial charge < -0.3 is 30.8 Å². The standard InChI is InChI=1S/C16H18N2O4/c1-21-13-5-7-15(17-19)11(9-13)3-4-12-10-14(22-2)6-8-16(12)18-20/h5-10,17-18H,3-4H2,1-2H3/q-2. The van der Waals surface area contributed by atoms with Crippen LogP contribution in [0.4, 0.5) is 11.4 Å². The van der Waals surface area contributed by atoms with Crippen LogP contribution in [0.15, 0.2) is 36.4 Å². The topological polar surface area (TPSA) is 88.6 Å². The highest BCUT2D eigenvalue weighted by atomic mass is 16.5. The summed E-state index contributed by atoms with van der Waals surface area (Å²) in [6, 6.07) is 10.4. The molecule has 0 saturated heterocycles. The number of nitrogens with one attached hydrogen (secondary N) is 2. The normalized spacial score (nSPS) is 10.2. The first-order chi connectivity index (χ1) is 10.7. The smallest absolute Gasteiger partial charge is 0.119 e. The van der Waals surface area contributed by atoms with Crippen molar-refractivity contribution in [3.63, 3.8) is 0 Å². The fourth-order valence-electron chi connectivity index (χ4n) is 2.28. The summed E-state index contributed by atoms with van der Waals surface area (Å²) in [5.74, 6) is 1.36. The molecule has 2 aromatic rings. The van der Waals surface area contributed by atoms with Crippen molar-refractivity contribution in [3.05, 3.63) is 57.9 Å². The van der Waals surface area contributed by atoms with Gasteiger partial charge in [-0.3, -0.25) is 0 Å². The van der Waals surface area contributed by atoms with Crippen LogP contribution in [0.1, 0.15) is 11.1 Å². The van der Waals surface area contributed by atoms with Crippen LogP contribution >= 0.6 is 0 Å². The van der Waals surface area contributed by atoms with E-state index in [1.54, 1.807) is 38.5 Å². The third kappa shape index (κ3) is 3.60. The van der Waals surface area contributed by atoms with E-state index in [1.807, 2.05) is 23.1 Å². The zero-order chi connectivity index (χ0) is 15.9. The fourth-order valence-corrected chi connectivity index (χ4v) is 2.28. The predicted molar refractivity (Wildman–Crippen MR) is 87.4 cm³/mol. The second kappa shape index (κ2) is 7.53. The number of aryl methyl sites for hydroxylation is 2. The van der Waals surface area contributed by atoms with Gasteiger partial charge in [-0.25, -0.2) is 0 Å². The molecular formula is C16H18N2O4-2. The van der Waals surface area contributed by atoms with Crippen LogP contribution in [0.25, 0.3) is 0 Å². The van der Waals surface area contributed by atoms with E-state index in [0.717, 1.165) is 11.1 Å². The molecule has 0 saturated carbocycles. The molecule has 0 spiro atoms. The Morgan fingerprint density at radius 2 is 1.18 bits per heavy atom. The third-order valence-corrected chi connectivity index (χ3v) is 3.51. The van der Waals surface area contributed by atoms with Crippen molar-refractivity contribution in [2.45, 2.75) is 12.8 Å². The molecule has 0 bridgehead atoms. The summed E-state index contributed by atoms with van der Waals surface area (Å²) >= 11 is 0. The Morgan fingerprint density at radius 3 is 1.50 bits per heavy atom. The second-order valence-corrected chi connectivity index (χ2v) is 4.75. The first kappa shape index (κ1) is 15.9. The van der Waals surface area contributed by atoms with Crippen molar-refractivity contribution in [2.24, 2.45) is 0 Å². The second-order valence-electron chi connectivity index (χ2n) is 4.75. The average Bonchev–Trinajstić information content (AvgIpc) is 2.59.